The molecule has 11 aromatic rings. The minimum Gasteiger partial charge on any atom is -0.456 e. The topological polar surface area (TPSA) is 65.0 Å². The molecule has 51 heavy (non-hydrogen) atoms. The first-order valence-corrected chi connectivity index (χ1v) is 17.7. The second-order valence-electron chi connectivity index (χ2n) is 12.8. The number of furan rings is 2. The number of aromatic nitrogens is 3. The summed E-state index contributed by atoms with van der Waals surface area (Å²) >= 11 is 1.83. The second kappa shape index (κ2) is 10.9. The lowest BCUT2D eigenvalue weighted by Gasteiger charge is -2.09. The van der Waals surface area contributed by atoms with E-state index >= 15 is 0 Å². The summed E-state index contributed by atoms with van der Waals surface area (Å²) in [4.78, 5) is 15.3. The number of rotatable bonds is 4. The standard InChI is InChI=1S/C45H25N3O2S/c1-2-10-26(11-3-1)43-46-44(48-45(47-43)33-16-8-14-31-29-12-4-6-17-36(29)50-42(31)33)32-15-9-18-38-41(32)35-25-27(20-22-37(35)49-38)28-21-23-40-34(24-28)30-13-5-7-19-39(30)51-40/h1-25H. The molecule has 0 aliphatic carbocycles. The van der Waals surface area contributed by atoms with Crippen LogP contribution in [0.3, 0.4) is 0 Å². The molecule has 0 spiro atoms. The number of fused-ring (bicyclic) bond motifs is 9. The normalized spacial score (nSPS) is 11.9. The fourth-order valence-electron chi connectivity index (χ4n) is 7.35. The Kier molecular flexibility index (Phi) is 6.05. The Morgan fingerprint density at radius 1 is 0.373 bits per heavy atom. The third-order valence-corrected chi connectivity index (χ3v) is 10.9. The lowest BCUT2D eigenvalue weighted by atomic mass is 9.99. The van der Waals surface area contributed by atoms with Gasteiger partial charge in [0.05, 0.1) is 5.56 Å². The molecule has 7 aromatic carbocycles. The van der Waals surface area contributed by atoms with E-state index in [2.05, 4.69) is 78.9 Å². The van der Waals surface area contributed by atoms with Gasteiger partial charge < -0.3 is 8.83 Å². The third-order valence-electron chi connectivity index (χ3n) is 9.76. The summed E-state index contributed by atoms with van der Waals surface area (Å²) in [5.74, 6) is 1.70. The Balaban J connectivity index is 1.13. The molecular weight excluding hydrogens is 647 g/mol. The lowest BCUT2D eigenvalue weighted by Crippen LogP contribution is -2.00. The van der Waals surface area contributed by atoms with Gasteiger partial charge in [0.2, 0.25) is 0 Å². The average molecular weight is 672 g/mol. The van der Waals surface area contributed by atoms with E-state index in [0.717, 1.165) is 71.7 Å². The molecule has 0 radical (unpaired) electrons. The summed E-state index contributed by atoms with van der Waals surface area (Å²) in [7, 11) is 0. The van der Waals surface area contributed by atoms with E-state index in [1.807, 2.05) is 84.1 Å². The predicted molar refractivity (Wildman–Crippen MR) is 209 cm³/mol. The number of hydrogen-bond acceptors (Lipinski definition) is 6. The van der Waals surface area contributed by atoms with Gasteiger partial charge in [0.25, 0.3) is 0 Å². The van der Waals surface area contributed by atoms with Crippen molar-refractivity contribution in [2.75, 3.05) is 0 Å². The van der Waals surface area contributed by atoms with Crippen molar-refractivity contribution in [3.05, 3.63) is 152 Å². The molecule has 4 aromatic heterocycles. The van der Waals surface area contributed by atoms with Crippen molar-refractivity contribution in [2.24, 2.45) is 0 Å². The molecule has 11 rings (SSSR count). The molecule has 0 saturated heterocycles. The third kappa shape index (κ3) is 4.43. The van der Waals surface area contributed by atoms with Gasteiger partial charge in [-0.2, -0.15) is 0 Å². The molecule has 0 fully saturated rings. The van der Waals surface area contributed by atoms with Crippen molar-refractivity contribution < 1.29 is 8.83 Å². The van der Waals surface area contributed by atoms with Gasteiger partial charge in [-0.05, 0) is 59.7 Å². The van der Waals surface area contributed by atoms with Crippen LogP contribution < -0.4 is 0 Å². The molecule has 6 heteroatoms. The highest BCUT2D eigenvalue weighted by Crippen LogP contribution is 2.41. The summed E-state index contributed by atoms with van der Waals surface area (Å²) in [6.07, 6.45) is 0. The Hall–Kier alpha value is -6.63. The summed E-state index contributed by atoms with van der Waals surface area (Å²) in [6.45, 7) is 0. The number of hydrogen-bond donors (Lipinski definition) is 0. The van der Waals surface area contributed by atoms with Crippen molar-refractivity contribution in [3.63, 3.8) is 0 Å². The zero-order chi connectivity index (χ0) is 33.5. The van der Waals surface area contributed by atoms with Crippen molar-refractivity contribution in [1.29, 1.82) is 0 Å². The predicted octanol–water partition coefficient (Wildman–Crippen LogP) is 12.7. The lowest BCUT2D eigenvalue weighted by molar-refractivity contribution is 0.668. The van der Waals surface area contributed by atoms with Crippen LogP contribution in [0.2, 0.25) is 0 Å². The minimum absolute atomic E-state index is 0.547. The van der Waals surface area contributed by atoms with E-state index in [0.29, 0.717) is 17.5 Å². The van der Waals surface area contributed by atoms with Crippen LogP contribution in [0.5, 0.6) is 0 Å². The molecule has 0 aliphatic heterocycles. The Morgan fingerprint density at radius 2 is 1.00 bits per heavy atom. The zero-order valence-corrected chi connectivity index (χ0v) is 27.8. The molecule has 238 valence electrons. The van der Waals surface area contributed by atoms with E-state index < -0.39 is 0 Å². The quantitative estimate of drug-likeness (QED) is 0.186. The summed E-state index contributed by atoms with van der Waals surface area (Å²) in [5.41, 5.74) is 8.04. The van der Waals surface area contributed by atoms with E-state index in [1.165, 1.54) is 20.2 Å². The Bertz CT molecular complexity index is 3160. The van der Waals surface area contributed by atoms with Crippen LogP contribution >= 0.6 is 11.3 Å². The van der Waals surface area contributed by atoms with Crippen molar-refractivity contribution >= 4 is 75.4 Å². The highest BCUT2D eigenvalue weighted by molar-refractivity contribution is 7.25. The van der Waals surface area contributed by atoms with Crippen LogP contribution in [0.4, 0.5) is 0 Å². The Labute approximate surface area is 295 Å². The number of benzene rings is 7. The maximum Gasteiger partial charge on any atom is 0.167 e. The first kappa shape index (κ1) is 28.2. The second-order valence-corrected chi connectivity index (χ2v) is 13.8. The number of thiophene rings is 1. The van der Waals surface area contributed by atoms with Crippen LogP contribution in [-0.4, -0.2) is 15.0 Å². The van der Waals surface area contributed by atoms with Gasteiger partial charge in [-0.3, -0.25) is 0 Å². The SMILES string of the molecule is c1ccc(-c2nc(-c3cccc4c3oc3ccccc34)nc(-c3cccc4oc5ccc(-c6ccc7sc8ccccc8c7c6)cc5c34)n2)cc1. The maximum absolute atomic E-state index is 6.46. The summed E-state index contributed by atoms with van der Waals surface area (Å²) < 4.78 is 15.5. The molecule has 4 heterocycles. The summed E-state index contributed by atoms with van der Waals surface area (Å²) in [5, 5.41) is 6.62. The summed E-state index contributed by atoms with van der Waals surface area (Å²) in [6, 6.07) is 52.2. The van der Waals surface area contributed by atoms with Gasteiger partial charge in [0.1, 0.15) is 22.3 Å². The fourth-order valence-corrected chi connectivity index (χ4v) is 8.44. The van der Waals surface area contributed by atoms with Gasteiger partial charge in [-0.15, -0.1) is 11.3 Å². The van der Waals surface area contributed by atoms with Crippen LogP contribution in [0.15, 0.2) is 160 Å². The first-order valence-electron chi connectivity index (χ1n) is 16.8. The van der Waals surface area contributed by atoms with E-state index in [4.69, 9.17) is 23.8 Å². The molecule has 0 unspecified atom stereocenters. The fraction of sp³-hybridized carbons (Fsp3) is 0. The number of para-hydroxylation sites is 2. The molecule has 0 saturated carbocycles. The number of nitrogens with zero attached hydrogens (tertiary/aromatic N) is 3. The largest absolute Gasteiger partial charge is 0.456 e. The first-order chi connectivity index (χ1) is 25.2. The maximum atomic E-state index is 6.46. The van der Waals surface area contributed by atoms with E-state index in [-0.39, 0.29) is 0 Å². The molecule has 5 nitrogen and oxygen atoms in total. The molecular formula is C45H25N3O2S. The van der Waals surface area contributed by atoms with Crippen molar-refractivity contribution in [3.8, 4) is 45.3 Å². The molecule has 0 N–H and O–H groups in total. The van der Waals surface area contributed by atoms with Crippen molar-refractivity contribution in [2.45, 2.75) is 0 Å². The minimum atomic E-state index is 0.547. The molecule has 0 amide bonds. The van der Waals surface area contributed by atoms with E-state index in [9.17, 15) is 0 Å². The van der Waals surface area contributed by atoms with Crippen molar-refractivity contribution in [1.82, 2.24) is 15.0 Å². The van der Waals surface area contributed by atoms with Gasteiger partial charge >= 0.3 is 0 Å². The highest BCUT2D eigenvalue weighted by Gasteiger charge is 2.21. The van der Waals surface area contributed by atoms with Crippen LogP contribution in [0, 0.1) is 0 Å². The van der Waals surface area contributed by atoms with Crippen LogP contribution in [0.25, 0.3) is 109 Å². The van der Waals surface area contributed by atoms with Gasteiger partial charge in [-0.1, -0.05) is 103 Å². The zero-order valence-electron chi connectivity index (χ0n) is 27.0. The van der Waals surface area contributed by atoms with E-state index in [1.54, 1.807) is 0 Å². The molecule has 0 bridgehead atoms. The van der Waals surface area contributed by atoms with Crippen LogP contribution in [-0.2, 0) is 0 Å². The highest BCUT2D eigenvalue weighted by atomic mass is 32.1. The molecule has 0 aliphatic rings. The van der Waals surface area contributed by atoms with Gasteiger partial charge in [0.15, 0.2) is 17.5 Å². The van der Waals surface area contributed by atoms with Gasteiger partial charge in [-0.25, -0.2) is 15.0 Å². The average Bonchev–Trinajstić information content (AvgIpc) is 3.88. The Morgan fingerprint density at radius 3 is 1.90 bits per heavy atom. The monoisotopic (exact) mass is 671 g/mol. The van der Waals surface area contributed by atoms with Gasteiger partial charge in [0, 0.05) is 52.8 Å². The molecule has 0 atom stereocenters. The smallest absolute Gasteiger partial charge is 0.167 e. The van der Waals surface area contributed by atoms with Crippen LogP contribution in [0.1, 0.15) is 0 Å².